The summed E-state index contributed by atoms with van der Waals surface area (Å²) in [6.45, 7) is 0.331. The number of aromatic nitrogens is 1. The van der Waals surface area contributed by atoms with Crippen molar-refractivity contribution in [3.8, 4) is 11.8 Å². The molecule has 5 heteroatoms. The average molecular weight is 208 g/mol. The van der Waals surface area contributed by atoms with E-state index in [9.17, 15) is 4.79 Å². The fourth-order valence-electron chi connectivity index (χ4n) is 1.07. The van der Waals surface area contributed by atoms with Crippen LogP contribution in [0.15, 0.2) is 23.1 Å². The topological polar surface area (TPSA) is 75.2 Å². The number of nitrogens with zero attached hydrogens (tertiary/aromatic N) is 2. The molecule has 1 N–H and O–H groups in total. The molecule has 0 aliphatic rings. The predicted octanol–water partition coefficient (Wildman–Crippen LogP) is 0.133. The van der Waals surface area contributed by atoms with E-state index >= 15 is 0 Å². The van der Waals surface area contributed by atoms with Crippen LogP contribution in [0.2, 0.25) is 0 Å². The number of aliphatic hydroxyl groups excluding tert-OH is 1. The number of hydrogen-bond acceptors (Lipinski definition) is 4. The Morgan fingerprint density at radius 3 is 3.07 bits per heavy atom. The number of aliphatic hydroxyl groups is 1. The molecule has 0 bridgehead atoms. The van der Waals surface area contributed by atoms with Gasteiger partial charge in [-0.3, -0.25) is 9.36 Å². The van der Waals surface area contributed by atoms with Gasteiger partial charge in [0.15, 0.2) is 5.75 Å². The monoisotopic (exact) mass is 208 g/mol. The third-order valence-corrected chi connectivity index (χ3v) is 1.79. The Kier molecular flexibility index (Phi) is 4.38. The van der Waals surface area contributed by atoms with E-state index in [1.807, 2.05) is 6.07 Å². The molecule has 0 atom stereocenters. The van der Waals surface area contributed by atoms with Gasteiger partial charge in [0.25, 0.3) is 5.56 Å². The van der Waals surface area contributed by atoms with Crippen molar-refractivity contribution in [2.75, 3.05) is 13.2 Å². The minimum Gasteiger partial charge on any atom is -0.488 e. The molecular formula is C10H12N2O3. The van der Waals surface area contributed by atoms with E-state index in [0.717, 1.165) is 0 Å². The molecule has 0 aliphatic heterocycles. The molecule has 0 fully saturated rings. The first kappa shape index (κ1) is 11.3. The van der Waals surface area contributed by atoms with Gasteiger partial charge in [-0.1, -0.05) is 0 Å². The summed E-state index contributed by atoms with van der Waals surface area (Å²) in [6, 6.07) is 5.08. The first-order valence-corrected chi connectivity index (χ1v) is 4.59. The van der Waals surface area contributed by atoms with Crippen molar-refractivity contribution >= 4 is 0 Å². The van der Waals surface area contributed by atoms with Crippen LogP contribution in [0.1, 0.15) is 6.42 Å². The summed E-state index contributed by atoms with van der Waals surface area (Å²) in [4.78, 5) is 11.6. The third-order valence-electron chi connectivity index (χ3n) is 1.79. The highest BCUT2D eigenvalue weighted by Gasteiger charge is 2.02. The Hall–Kier alpha value is -1.80. The molecule has 1 aromatic rings. The molecule has 0 aliphatic carbocycles. The van der Waals surface area contributed by atoms with E-state index in [-0.39, 0.29) is 24.5 Å². The highest BCUT2D eigenvalue weighted by Crippen LogP contribution is 2.02. The summed E-state index contributed by atoms with van der Waals surface area (Å²) >= 11 is 0. The lowest BCUT2D eigenvalue weighted by molar-refractivity contribution is 0.231. The zero-order valence-electron chi connectivity index (χ0n) is 8.22. The van der Waals surface area contributed by atoms with Gasteiger partial charge in [0.05, 0.1) is 12.7 Å². The molecule has 1 heterocycles. The standard InChI is InChI=1S/C10H12N2O3/c11-4-6-12-5-1-3-9(10(12)14)15-8-2-7-13/h1,3,5,13H,2,6-8H2. The Morgan fingerprint density at radius 2 is 2.40 bits per heavy atom. The smallest absolute Gasteiger partial charge is 0.293 e. The number of ether oxygens (including phenoxy) is 1. The molecule has 80 valence electrons. The van der Waals surface area contributed by atoms with E-state index in [1.165, 1.54) is 10.8 Å². The summed E-state index contributed by atoms with van der Waals surface area (Å²) in [6.07, 6.45) is 2.01. The van der Waals surface area contributed by atoms with Gasteiger partial charge >= 0.3 is 0 Å². The van der Waals surface area contributed by atoms with E-state index in [2.05, 4.69) is 0 Å². The summed E-state index contributed by atoms with van der Waals surface area (Å²) < 4.78 is 6.43. The Balaban J connectivity index is 2.77. The molecule has 0 radical (unpaired) electrons. The quantitative estimate of drug-likeness (QED) is 0.698. The van der Waals surface area contributed by atoms with Crippen LogP contribution in [0.3, 0.4) is 0 Å². The second-order valence-electron chi connectivity index (χ2n) is 2.89. The van der Waals surface area contributed by atoms with Crippen LogP contribution < -0.4 is 10.3 Å². The predicted molar refractivity (Wildman–Crippen MR) is 53.5 cm³/mol. The van der Waals surface area contributed by atoms with Gasteiger partial charge in [0, 0.05) is 19.2 Å². The average Bonchev–Trinajstić information content (AvgIpc) is 2.24. The maximum Gasteiger partial charge on any atom is 0.293 e. The van der Waals surface area contributed by atoms with Crippen LogP contribution >= 0.6 is 0 Å². The zero-order valence-corrected chi connectivity index (χ0v) is 8.22. The lowest BCUT2D eigenvalue weighted by Gasteiger charge is -2.06. The molecule has 1 aromatic heterocycles. The second kappa shape index (κ2) is 5.83. The summed E-state index contributed by atoms with van der Waals surface area (Å²) in [7, 11) is 0. The van der Waals surface area contributed by atoms with Gasteiger partial charge in [-0.05, 0) is 12.1 Å². The van der Waals surface area contributed by atoms with Crippen LogP contribution in [0, 0.1) is 11.3 Å². The summed E-state index contributed by atoms with van der Waals surface area (Å²) in [5.41, 5.74) is -0.322. The molecular weight excluding hydrogens is 196 g/mol. The van der Waals surface area contributed by atoms with Crippen molar-refractivity contribution < 1.29 is 9.84 Å². The van der Waals surface area contributed by atoms with E-state index < -0.39 is 0 Å². The van der Waals surface area contributed by atoms with Gasteiger partial charge in [-0.2, -0.15) is 5.26 Å². The van der Waals surface area contributed by atoms with Gasteiger partial charge in [0.1, 0.15) is 6.54 Å². The van der Waals surface area contributed by atoms with Gasteiger partial charge < -0.3 is 9.84 Å². The van der Waals surface area contributed by atoms with Gasteiger partial charge in [-0.15, -0.1) is 0 Å². The molecule has 5 nitrogen and oxygen atoms in total. The molecule has 0 saturated heterocycles. The number of nitriles is 1. The molecule has 0 amide bonds. The van der Waals surface area contributed by atoms with Crippen molar-refractivity contribution in [3.63, 3.8) is 0 Å². The van der Waals surface area contributed by atoms with Crippen molar-refractivity contribution in [3.05, 3.63) is 28.7 Å². The molecule has 0 aromatic carbocycles. The normalized spacial score (nSPS) is 9.60. The SMILES string of the molecule is N#CCn1cccc(OCCCO)c1=O. The van der Waals surface area contributed by atoms with Gasteiger partial charge in [0.2, 0.25) is 0 Å². The second-order valence-corrected chi connectivity index (χ2v) is 2.89. The first-order chi connectivity index (χ1) is 7.29. The maximum absolute atomic E-state index is 11.6. The lowest BCUT2D eigenvalue weighted by atomic mass is 10.4. The molecule has 1 rings (SSSR count). The van der Waals surface area contributed by atoms with Crippen molar-refractivity contribution in [2.45, 2.75) is 13.0 Å². The number of rotatable bonds is 5. The molecule has 0 unspecified atom stereocenters. The van der Waals surface area contributed by atoms with E-state index in [1.54, 1.807) is 12.1 Å². The summed E-state index contributed by atoms with van der Waals surface area (Å²) in [5, 5.41) is 17.0. The number of hydrogen-bond donors (Lipinski definition) is 1. The Bertz CT molecular complexity index is 406. The largest absolute Gasteiger partial charge is 0.488 e. The fraction of sp³-hybridized carbons (Fsp3) is 0.400. The van der Waals surface area contributed by atoms with Crippen molar-refractivity contribution in [1.82, 2.24) is 4.57 Å². The van der Waals surface area contributed by atoms with Gasteiger partial charge in [-0.25, -0.2) is 0 Å². The highest BCUT2D eigenvalue weighted by molar-refractivity contribution is 5.17. The number of pyridine rings is 1. The van der Waals surface area contributed by atoms with Crippen LogP contribution in [0.5, 0.6) is 5.75 Å². The van der Waals surface area contributed by atoms with E-state index in [0.29, 0.717) is 13.0 Å². The summed E-state index contributed by atoms with van der Waals surface area (Å²) in [5.74, 6) is 0.209. The zero-order chi connectivity index (χ0) is 11.1. The highest BCUT2D eigenvalue weighted by atomic mass is 16.5. The Morgan fingerprint density at radius 1 is 1.60 bits per heavy atom. The molecule has 15 heavy (non-hydrogen) atoms. The van der Waals surface area contributed by atoms with Crippen LogP contribution in [-0.2, 0) is 6.54 Å². The minimum atomic E-state index is -0.322. The van der Waals surface area contributed by atoms with Crippen LogP contribution in [0.25, 0.3) is 0 Å². The van der Waals surface area contributed by atoms with Crippen molar-refractivity contribution in [2.24, 2.45) is 0 Å². The maximum atomic E-state index is 11.6. The Labute approximate surface area is 87.1 Å². The van der Waals surface area contributed by atoms with Crippen molar-refractivity contribution in [1.29, 1.82) is 5.26 Å². The molecule has 0 saturated carbocycles. The fourth-order valence-corrected chi connectivity index (χ4v) is 1.07. The van der Waals surface area contributed by atoms with Crippen LogP contribution in [0.4, 0.5) is 0 Å². The van der Waals surface area contributed by atoms with Crippen LogP contribution in [-0.4, -0.2) is 22.9 Å². The first-order valence-electron chi connectivity index (χ1n) is 4.59. The lowest BCUT2D eigenvalue weighted by Crippen LogP contribution is -2.21. The minimum absolute atomic E-state index is 0.00995. The van der Waals surface area contributed by atoms with E-state index in [4.69, 9.17) is 15.1 Å². The molecule has 0 spiro atoms. The third kappa shape index (κ3) is 3.11.